The van der Waals surface area contributed by atoms with Crippen LogP contribution in [0.1, 0.15) is 29.9 Å². The molecule has 0 unspecified atom stereocenters. The quantitative estimate of drug-likeness (QED) is 0.418. The minimum absolute atomic E-state index is 0.561. The van der Waals surface area contributed by atoms with E-state index in [-0.39, 0.29) is 0 Å². The zero-order chi connectivity index (χ0) is 22.5. The zero-order valence-electron chi connectivity index (χ0n) is 18.0. The Morgan fingerprint density at radius 1 is 1.16 bits per heavy atom. The lowest BCUT2D eigenvalue weighted by atomic mass is 10.1. The Kier molecular flexibility index (Phi) is 6.34. The molecule has 0 aliphatic heterocycles. The van der Waals surface area contributed by atoms with E-state index in [9.17, 15) is 0 Å². The summed E-state index contributed by atoms with van der Waals surface area (Å²) in [5.74, 6) is 3.22. The second-order valence-corrected chi connectivity index (χ2v) is 7.81. The molecule has 2 aromatic carbocycles. The average Bonchev–Trinajstić information content (AvgIpc) is 3.59. The molecule has 3 N–H and O–H groups in total. The monoisotopic (exact) mass is 426 g/mol. The number of nitrogens with zero attached hydrogens (tertiary/aromatic N) is 4. The fourth-order valence-corrected chi connectivity index (χ4v) is 3.80. The first-order valence-corrected chi connectivity index (χ1v) is 10.6. The molecule has 0 spiro atoms. The topological polar surface area (TPSA) is 102 Å². The number of rotatable bonds is 7. The lowest BCUT2D eigenvalue weighted by Crippen LogP contribution is -2.10. The van der Waals surface area contributed by atoms with E-state index < -0.39 is 0 Å². The van der Waals surface area contributed by atoms with Crippen molar-refractivity contribution in [1.82, 2.24) is 14.5 Å². The van der Waals surface area contributed by atoms with Crippen LogP contribution >= 0.6 is 0 Å². The molecule has 1 saturated carbocycles. The second-order valence-electron chi connectivity index (χ2n) is 7.81. The summed E-state index contributed by atoms with van der Waals surface area (Å²) < 4.78 is 8.25. The van der Waals surface area contributed by atoms with E-state index in [1.54, 1.807) is 6.33 Å². The van der Waals surface area contributed by atoms with Crippen molar-refractivity contribution >= 4 is 22.5 Å². The van der Waals surface area contributed by atoms with Gasteiger partial charge < -0.3 is 20.4 Å². The Morgan fingerprint density at radius 2 is 2.00 bits per heavy atom. The smallest absolute Gasteiger partial charge is 0.158 e. The molecule has 1 fully saturated rings. The number of hydrogen-bond acceptors (Lipinski definition) is 6. The Labute approximate surface area is 187 Å². The fourth-order valence-electron chi connectivity index (χ4n) is 3.80. The van der Waals surface area contributed by atoms with Crippen LogP contribution in [0.5, 0.6) is 11.5 Å². The summed E-state index contributed by atoms with van der Waals surface area (Å²) in [6.07, 6.45) is 6.14. The van der Waals surface area contributed by atoms with Crippen molar-refractivity contribution in [2.24, 2.45) is 5.73 Å². The van der Waals surface area contributed by atoms with E-state index in [0.29, 0.717) is 12.5 Å². The lowest BCUT2D eigenvalue weighted by Gasteiger charge is -2.13. The minimum Gasteiger partial charge on any atom is -0.457 e. The maximum absolute atomic E-state index is 6.50. The van der Waals surface area contributed by atoms with Crippen LogP contribution < -0.4 is 15.8 Å². The molecule has 2 heterocycles. The molecule has 1 aliphatic carbocycles. The van der Waals surface area contributed by atoms with Gasteiger partial charge in [0.05, 0.1) is 5.52 Å². The van der Waals surface area contributed by atoms with Crippen molar-refractivity contribution in [3.63, 3.8) is 0 Å². The Balaban J connectivity index is 0.00000119. The number of aryl methyl sites for hydroxylation is 1. The molecule has 32 heavy (non-hydrogen) atoms. The van der Waals surface area contributed by atoms with Crippen LogP contribution in [-0.4, -0.2) is 21.1 Å². The summed E-state index contributed by atoms with van der Waals surface area (Å²) >= 11 is 0. The van der Waals surface area contributed by atoms with Gasteiger partial charge in [0.15, 0.2) is 5.82 Å². The first-order valence-electron chi connectivity index (χ1n) is 10.6. The van der Waals surface area contributed by atoms with Crippen LogP contribution in [0.25, 0.3) is 11.0 Å². The summed E-state index contributed by atoms with van der Waals surface area (Å²) in [5.41, 5.74) is 11.0. The van der Waals surface area contributed by atoms with E-state index in [4.69, 9.17) is 15.7 Å². The number of hydrogen-bond donors (Lipinski definition) is 2. The molecule has 162 valence electrons. The van der Waals surface area contributed by atoms with Crippen molar-refractivity contribution in [2.45, 2.75) is 32.2 Å². The Bertz CT molecular complexity index is 1240. The van der Waals surface area contributed by atoms with Gasteiger partial charge >= 0.3 is 0 Å². The highest BCUT2D eigenvalue weighted by molar-refractivity contribution is 5.88. The number of fused-ring (bicyclic) bond motifs is 1. The first kappa shape index (κ1) is 21.3. The number of benzene rings is 2. The molecule has 5 rings (SSSR count). The van der Waals surface area contributed by atoms with Crippen molar-refractivity contribution in [3.05, 3.63) is 72.2 Å². The van der Waals surface area contributed by atoms with Gasteiger partial charge in [-0.2, -0.15) is 0 Å². The van der Waals surface area contributed by atoms with Crippen LogP contribution in [0.15, 0.2) is 61.1 Å². The van der Waals surface area contributed by atoms with Crippen molar-refractivity contribution in [3.8, 4) is 18.1 Å². The molecule has 0 bridgehead atoms. The second kappa shape index (κ2) is 9.50. The van der Waals surface area contributed by atoms with Crippen molar-refractivity contribution < 1.29 is 4.74 Å². The predicted octanol–water partition coefficient (Wildman–Crippen LogP) is 5.25. The number of nitrogens with two attached hydrogens (primary N) is 1. The number of anilines is 2. The number of aromatic nitrogens is 3. The van der Waals surface area contributed by atoms with Gasteiger partial charge in [0.2, 0.25) is 0 Å². The molecule has 0 saturated heterocycles. The number of nitrogens with one attached hydrogen (secondary N) is 1. The number of ether oxygens (including phenoxy) is 1. The van der Waals surface area contributed by atoms with E-state index in [1.807, 2.05) is 30.5 Å². The van der Waals surface area contributed by atoms with Gasteiger partial charge in [-0.15, -0.1) is 0 Å². The number of nitriles is 1. The van der Waals surface area contributed by atoms with Crippen molar-refractivity contribution in [2.75, 3.05) is 11.9 Å². The molecule has 4 aromatic rings. The van der Waals surface area contributed by atoms with Gasteiger partial charge in [0.25, 0.3) is 0 Å². The predicted molar refractivity (Wildman–Crippen MR) is 126 cm³/mol. The highest BCUT2D eigenvalue weighted by Gasteiger charge is 2.23. The van der Waals surface area contributed by atoms with E-state index in [0.717, 1.165) is 46.1 Å². The summed E-state index contributed by atoms with van der Waals surface area (Å²) in [7, 11) is 0. The molecule has 0 amide bonds. The molecular formula is C25H26N6O. The summed E-state index contributed by atoms with van der Waals surface area (Å²) in [4.78, 5) is 8.81. The highest BCUT2D eigenvalue weighted by Crippen LogP contribution is 2.41. The van der Waals surface area contributed by atoms with Gasteiger partial charge in [-0.05, 0) is 73.2 Å². The minimum atomic E-state index is 0.561. The van der Waals surface area contributed by atoms with Gasteiger partial charge in [0, 0.05) is 31.5 Å². The summed E-state index contributed by atoms with van der Waals surface area (Å²) in [6.45, 7) is 6.83. The van der Waals surface area contributed by atoms with Gasteiger partial charge in [0.1, 0.15) is 23.3 Å². The fraction of sp³-hybridized carbons (Fsp3) is 0.240. The summed E-state index contributed by atoms with van der Waals surface area (Å²) in [5, 5.41) is 9.93. The molecule has 2 aromatic heterocycles. The standard InChI is InChI=1S/C24H25N5O.CHN/c1-16-13-19(28-24-23-21(26-15-27-24)9-11-29(23)12-10-25)7-8-22(16)30-20-4-2-3-18(14-20)17-5-6-17;1-2/h2-4,7-9,11,13-15,17H,5-6,10,12,25H2,1H3,(H,26,27,28);1H. The maximum Gasteiger partial charge on any atom is 0.158 e. The normalized spacial score (nSPS) is 12.8. The van der Waals surface area contributed by atoms with Crippen LogP contribution in [0.4, 0.5) is 11.5 Å². The lowest BCUT2D eigenvalue weighted by molar-refractivity contribution is 0.478. The molecular weight excluding hydrogens is 400 g/mol. The Morgan fingerprint density at radius 3 is 2.75 bits per heavy atom. The van der Waals surface area contributed by atoms with Gasteiger partial charge in [-0.3, -0.25) is 0 Å². The maximum atomic E-state index is 6.50. The van der Waals surface area contributed by atoms with E-state index >= 15 is 0 Å². The van der Waals surface area contributed by atoms with Gasteiger partial charge in [-0.25, -0.2) is 15.2 Å². The molecule has 0 atom stereocenters. The van der Waals surface area contributed by atoms with Crippen LogP contribution in [0.2, 0.25) is 0 Å². The van der Waals surface area contributed by atoms with Crippen LogP contribution in [0, 0.1) is 18.8 Å². The molecule has 1 aliphatic rings. The first-order chi connectivity index (χ1) is 15.7. The SMILES string of the molecule is C#N.Cc1cc(Nc2ncnc3ccn(CCN)c23)ccc1Oc1cccc(C2CC2)c1. The molecule has 7 heteroatoms. The van der Waals surface area contributed by atoms with E-state index in [2.05, 4.69) is 57.6 Å². The largest absolute Gasteiger partial charge is 0.457 e. The third kappa shape index (κ3) is 4.56. The Hall–Kier alpha value is -3.89. The van der Waals surface area contributed by atoms with Gasteiger partial charge in [-0.1, -0.05) is 12.1 Å². The van der Waals surface area contributed by atoms with Crippen LogP contribution in [-0.2, 0) is 6.54 Å². The highest BCUT2D eigenvalue weighted by atomic mass is 16.5. The third-order valence-electron chi connectivity index (χ3n) is 5.49. The average molecular weight is 427 g/mol. The van der Waals surface area contributed by atoms with Crippen LogP contribution in [0.3, 0.4) is 0 Å². The third-order valence-corrected chi connectivity index (χ3v) is 5.49. The summed E-state index contributed by atoms with van der Waals surface area (Å²) in [6, 6.07) is 16.5. The molecule has 7 nitrogen and oxygen atoms in total. The zero-order valence-corrected chi connectivity index (χ0v) is 18.0. The van der Waals surface area contributed by atoms with E-state index in [1.165, 1.54) is 18.4 Å². The van der Waals surface area contributed by atoms with Crippen molar-refractivity contribution in [1.29, 1.82) is 5.26 Å². The molecule has 0 radical (unpaired) electrons.